The van der Waals surface area contributed by atoms with E-state index in [1.165, 1.54) is 38.5 Å². The van der Waals surface area contributed by atoms with E-state index in [1.54, 1.807) is 0 Å². The number of hydrogen-bond acceptors (Lipinski definition) is 3. The highest BCUT2D eigenvalue weighted by Gasteiger charge is 2.45. The molecular weight excluding hydrogens is 314 g/mol. The number of carbonyl (C=O) groups excluding carboxylic acids is 2. The van der Waals surface area contributed by atoms with Gasteiger partial charge in [-0.3, -0.25) is 14.5 Å². The molecule has 1 saturated carbocycles. The van der Waals surface area contributed by atoms with Crippen molar-refractivity contribution in [1.29, 1.82) is 0 Å². The van der Waals surface area contributed by atoms with E-state index in [1.807, 2.05) is 0 Å². The molecule has 3 heterocycles. The second-order valence-electron chi connectivity index (χ2n) is 8.86. The molecule has 1 spiro atoms. The van der Waals surface area contributed by atoms with Crippen molar-refractivity contribution in [3.63, 3.8) is 0 Å². The maximum absolute atomic E-state index is 12.7. The lowest BCUT2D eigenvalue weighted by Crippen LogP contribution is -2.55. The van der Waals surface area contributed by atoms with Gasteiger partial charge < -0.3 is 9.80 Å². The van der Waals surface area contributed by atoms with Gasteiger partial charge in [-0.25, -0.2) is 0 Å². The summed E-state index contributed by atoms with van der Waals surface area (Å²) in [7, 11) is 0. The molecule has 1 atom stereocenters. The second kappa shape index (κ2) is 7.26. The number of amides is 2. The van der Waals surface area contributed by atoms with E-state index in [0.717, 1.165) is 52.0 Å². The molecule has 4 fully saturated rings. The molecule has 3 aliphatic heterocycles. The molecule has 1 aliphatic carbocycles. The monoisotopic (exact) mass is 347 g/mol. The smallest absolute Gasteiger partial charge is 0.236 e. The fourth-order valence-electron chi connectivity index (χ4n) is 5.15. The van der Waals surface area contributed by atoms with Crippen LogP contribution in [0.3, 0.4) is 0 Å². The Morgan fingerprint density at radius 3 is 2.44 bits per heavy atom. The van der Waals surface area contributed by atoms with E-state index in [2.05, 4.69) is 14.7 Å². The summed E-state index contributed by atoms with van der Waals surface area (Å²) in [6.07, 6.45) is 11.4. The first-order valence-electron chi connectivity index (χ1n) is 10.4. The quantitative estimate of drug-likeness (QED) is 0.786. The molecule has 0 aromatic heterocycles. The Kier molecular flexibility index (Phi) is 5.03. The van der Waals surface area contributed by atoms with Crippen molar-refractivity contribution in [3.05, 3.63) is 0 Å². The summed E-state index contributed by atoms with van der Waals surface area (Å²) in [5, 5.41) is 0. The molecule has 2 amide bonds. The van der Waals surface area contributed by atoms with Gasteiger partial charge in [0.1, 0.15) is 0 Å². The summed E-state index contributed by atoms with van der Waals surface area (Å²) in [5.41, 5.74) is 0.244. The van der Waals surface area contributed by atoms with Crippen LogP contribution in [0.2, 0.25) is 0 Å². The van der Waals surface area contributed by atoms with Crippen molar-refractivity contribution < 1.29 is 9.59 Å². The molecule has 140 valence electrons. The Hall–Kier alpha value is -1.10. The predicted octanol–water partition coefficient (Wildman–Crippen LogP) is 2.26. The molecule has 0 aromatic carbocycles. The first kappa shape index (κ1) is 17.3. The summed E-state index contributed by atoms with van der Waals surface area (Å²) in [5.74, 6) is 0.691. The minimum absolute atomic E-state index is 0.244. The zero-order chi connectivity index (χ0) is 17.3. The van der Waals surface area contributed by atoms with E-state index < -0.39 is 0 Å². The lowest BCUT2D eigenvalue weighted by Gasteiger charge is -2.48. The van der Waals surface area contributed by atoms with Gasteiger partial charge in [-0.05, 0) is 51.5 Å². The third kappa shape index (κ3) is 4.02. The second-order valence-corrected chi connectivity index (χ2v) is 8.86. The lowest BCUT2D eigenvalue weighted by atomic mass is 9.73. The number of hydrogen-bond donors (Lipinski definition) is 0. The minimum atomic E-state index is 0.244. The van der Waals surface area contributed by atoms with Gasteiger partial charge in [-0.2, -0.15) is 0 Å². The van der Waals surface area contributed by atoms with Crippen LogP contribution in [0.4, 0.5) is 0 Å². The summed E-state index contributed by atoms with van der Waals surface area (Å²) in [4.78, 5) is 31.6. The lowest BCUT2D eigenvalue weighted by molar-refractivity contribution is -0.142. The molecule has 0 radical (unpaired) electrons. The van der Waals surface area contributed by atoms with Crippen LogP contribution >= 0.6 is 0 Å². The minimum Gasteiger partial charge on any atom is -0.342 e. The Morgan fingerprint density at radius 1 is 0.960 bits per heavy atom. The van der Waals surface area contributed by atoms with Gasteiger partial charge in [0.2, 0.25) is 11.8 Å². The third-order valence-corrected chi connectivity index (χ3v) is 6.74. The van der Waals surface area contributed by atoms with Crippen molar-refractivity contribution in [2.45, 2.75) is 70.3 Å². The number of nitrogens with zero attached hydrogens (tertiary/aromatic N) is 3. The number of piperidine rings is 2. The molecule has 0 bridgehead atoms. The van der Waals surface area contributed by atoms with Gasteiger partial charge >= 0.3 is 0 Å². The largest absolute Gasteiger partial charge is 0.342 e. The summed E-state index contributed by atoms with van der Waals surface area (Å²) in [6, 6.07) is 0.527. The van der Waals surface area contributed by atoms with Crippen molar-refractivity contribution in [2.75, 3.05) is 39.3 Å². The van der Waals surface area contributed by atoms with Gasteiger partial charge in [0.05, 0.1) is 6.54 Å². The first-order chi connectivity index (χ1) is 12.2. The zero-order valence-electron chi connectivity index (χ0n) is 15.5. The van der Waals surface area contributed by atoms with E-state index in [9.17, 15) is 9.59 Å². The van der Waals surface area contributed by atoms with E-state index in [0.29, 0.717) is 30.8 Å². The van der Waals surface area contributed by atoms with Crippen LogP contribution in [0, 0.1) is 5.41 Å². The van der Waals surface area contributed by atoms with Crippen molar-refractivity contribution in [3.8, 4) is 0 Å². The number of carbonyl (C=O) groups is 2. The summed E-state index contributed by atoms with van der Waals surface area (Å²) < 4.78 is 0. The van der Waals surface area contributed by atoms with Crippen LogP contribution in [0.5, 0.6) is 0 Å². The number of likely N-dealkylation sites (tertiary alicyclic amines) is 3. The fraction of sp³-hybridized carbons (Fsp3) is 0.900. The standard InChI is InChI=1S/C20H33N3O2/c24-18-8-10-20(16-23(18)17-6-7-17)9-5-11-21(15-20)14-19(25)22-12-3-1-2-4-13-22/h17H,1-16H2/t20-/m0/s1. The summed E-state index contributed by atoms with van der Waals surface area (Å²) >= 11 is 0. The maximum Gasteiger partial charge on any atom is 0.236 e. The van der Waals surface area contributed by atoms with Crippen LogP contribution < -0.4 is 0 Å². The maximum atomic E-state index is 12.7. The van der Waals surface area contributed by atoms with Gasteiger partial charge in [0, 0.05) is 44.1 Å². The van der Waals surface area contributed by atoms with Crippen LogP contribution in [0.25, 0.3) is 0 Å². The molecule has 5 nitrogen and oxygen atoms in total. The molecule has 3 saturated heterocycles. The van der Waals surface area contributed by atoms with Crippen molar-refractivity contribution >= 4 is 11.8 Å². The van der Waals surface area contributed by atoms with E-state index >= 15 is 0 Å². The molecule has 5 heteroatoms. The van der Waals surface area contributed by atoms with Crippen molar-refractivity contribution in [2.24, 2.45) is 5.41 Å². The van der Waals surface area contributed by atoms with Gasteiger partial charge in [-0.1, -0.05) is 12.8 Å². The Balaban J connectivity index is 1.35. The average Bonchev–Trinajstić information content (AvgIpc) is 3.44. The molecule has 0 N–H and O–H groups in total. The van der Waals surface area contributed by atoms with Crippen LogP contribution in [-0.4, -0.2) is 71.8 Å². The molecule has 25 heavy (non-hydrogen) atoms. The number of rotatable bonds is 3. The van der Waals surface area contributed by atoms with E-state index in [4.69, 9.17) is 0 Å². The normalized spacial score (nSPS) is 32.1. The van der Waals surface area contributed by atoms with Gasteiger partial charge in [0.25, 0.3) is 0 Å². The van der Waals surface area contributed by atoms with Gasteiger partial charge in [-0.15, -0.1) is 0 Å². The predicted molar refractivity (Wildman–Crippen MR) is 97.1 cm³/mol. The molecule has 4 rings (SSSR count). The molecule has 4 aliphatic rings. The molecule has 0 unspecified atom stereocenters. The average molecular weight is 348 g/mol. The Bertz CT molecular complexity index is 511. The highest BCUT2D eigenvalue weighted by atomic mass is 16.2. The third-order valence-electron chi connectivity index (χ3n) is 6.74. The Labute approximate surface area is 151 Å². The van der Waals surface area contributed by atoms with Crippen molar-refractivity contribution in [1.82, 2.24) is 14.7 Å². The van der Waals surface area contributed by atoms with Crippen LogP contribution in [-0.2, 0) is 9.59 Å². The SMILES string of the molecule is O=C(CN1CCC[C@]2(CCC(=O)N(C3CC3)C2)C1)N1CCCCCC1. The molecular formula is C20H33N3O2. The Morgan fingerprint density at radius 2 is 1.72 bits per heavy atom. The topological polar surface area (TPSA) is 43.9 Å². The highest BCUT2D eigenvalue weighted by Crippen LogP contribution is 2.42. The van der Waals surface area contributed by atoms with Crippen LogP contribution in [0.15, 0.2) is 0 Å². The van der Waals surface area contributed by atoms with Crippen LogP contribution in [0.1, 0.15) is 64.2 Å². The van der Waals surface area contributed by atoms with Gasteiger partial charge in [0.15, 0.2) is 0 Å². The first-order valence-corrected chi connectivity index (χ1v) is 10.4. The zero-order valence-corrected chi connectivity index (χ0v) is 15.5. The fourth-order valence-corrected chi connectivity index (χ4v) is 5.15. The molecule has 0 aromatic rings. The van der Waals surface area contributed by atoms with E-state index in [-0.39, 0.29) is 5.41 Å². The highest BCUT2D eigenvalue weighted by molar-refractivity contribution is 5.79. The summed E-state index contributed by atoms with van der Waals surface area (Å²) in [6.45, 7) is 5.45.